The maximum atomic E-state index is 5.83. The first-order chi connectivity index (χ1) is 16.7. The molecule has 2 aliphatic heterocycles. The van der Waals surface area contributed by atoms with E-state index in [1.165, 1.54) is 30.5 Å². The zero-order valence-corrected chi connectivity index (χ0v) is 20.1. The molecule has 5 heterocycles. The van der Waals surface area contributed by atoms with Gasteiger partial charge in [0.15, 0.2) is 0 Å². The van der Waals surface area contributed by atoms with Gasteiger partial charge in [-0.05, 0) is 56.8 Å². The average Bonchev–Trinajstić information content (AvgIpc) is 3.53. The van der Waals surface area contributed by atoms with Gasteiger partial charge in [0.1, 0.15) is 5.65 Å². The van der Waals surface area contributed by atoms with Crippen LogP contribution in [-0.2, 0) is 17.7 Å². The molecule has 0 radical (unpaired) electrons. The van der Waals surface area contributed by atoms with Crippen LogP contribution < -0.4 is 4.90 Å². The third-order valence-corrected chi connectivity index (χ3v) is 7.66. The van der Waals surface area contributed by atoms with Gasteiger partial charge < -0.3 is 9.64 Å². The summed E-state index contributed by atoms with van der Waals surface area (Å²) in [5, 5.41) is 0. The fourth-order valence-electron chi connectivity index (χ4n) is 5.85. The van der Waals surface area contributed by atoms with Crippen molar-refractivity contribution in [3.8, 4) is 0 Å². The summed E-state index contributed by atoms with van der Waals surface area (Å²) in [5.41, 5.74) is 4.68. The van der Waals surface area contributed by atoms with E-state index in [0.29, 0.717) is 12.1 Å². The Bertz CT molecular complexity index is 1120. The third kappa shape index (κ3) is 4.42. The molecule has 34 heavy (non-hydrogen) atoms. The van der Waals surface area contributed by atoms with Crippen LogP contribution in [0.4, 0.5) is 5.95 Å². The molecule has 2 atom stereocenters. The maximum absolute atomic E-state index is 5.83. The molecule has 3 aromatic rings. The van der Waals surface area contributed by atoms with E-state index < -0.39 is 0 Å². The number of rotatable bonds is 6. The highest BCUT2D eigenvalue weighted by Crippen LogP contribution is 2.32. The van der Waals surface area contributed by atoms with Gasteiger partial charge in [0, 0.05) is 64.5 Å². The van der Waals surface area contributed by atoms with Gasteiger partial charge in [0.05, 0.1) is 23.5 Å². The van der Waals surface area contributed by atoms with Gasteiger partial charge in [-0.2, -0.15) is 0 Å². The Hall–Kier alpha value is -2.55. The van der Waals surface area contributed by atoms with Crippen LogP contribution >= 0.6 is 0 Å². The van der Waals surface area contributed by atoms with Gasteiger partial charge in [0.25, 0.3) is 0 Å². The number of aromatic nitrogens is 4. The van der Waals surface area contributed by atoms with Gasteiger partial charge in [-0.15, -0.1) is 0 Å². The van der Waals surface area contributed by atoms with Crippen LogP contribution in [0.1, 0.15) is 48.7 Å². The maximum Gasteiger partial charge on any atom is 0.211 e. The van der Waals surface area contributed by atoms with E-state index in [1.807, 2.05) is 18.5 Å². The molecule has 6 rings (SSSR count). The minimum Gasteiger partial charge on any atom is -0.377 e. The minimum atomic E-state index is 0.351. The summed E-state index contributed by atoms with van der Waals surface area (Å²) in [6, 6.07) is 6.65. The van der Waals surface area contributed by atoms with Gasteiger partial charge in [-0.3, -0.25) is 19.2 Å². The number of piperazine rings is 1. The lowest BCUT2D eigenvalue weighted by molar-refractivity contribution is 0.0711. The summed E-state index contributed by atoms with van der Waals surface area (Å²) in [6.07, 6.45) is 12.3. The smallest absolute Gasteiger partial charge is 0.211 e. The van der Waals surface area contributed by atoms with E-state index in [2.05, 4.69) is 44.5 Å². The first kappa shape index (κ1) is 21.9. The number of aryl methyl sites for hydroxylation is 1. The lowest BCUT2D eigenvalue weighted by atomic mass is 9.91. The molecule has 180 valence electrons. The number of fused-ring (bicyclic) bond motifs is 2. The number of nitrogens with zero attached hydrogens (tertiary/aromatic N) is 7. The van der Waals surface area contributed by atoms with Crippen molar-refractivity contribution < 1.29 is 4.74 Å². The number of imidazole rings is 1. The molecule has 1 aliphatic carbocycles. The molecular weight excluding hydrogens is 426 g/mol. The topological polar surface area (TPSA) is 62.0 Å². The monoisotopic (exact) mass is 461 g/mol. The quantitative estimate of drug-likeness (QED) is 0.559. The van der Waals surface area contributed by atoms with Crippen LogP contribution in [0.2, 0.25) is 0 Å². The molecule has 0 bridgehead atoms. The predicted molar refractivity (Wildman–Crippen MR) is 132 cm³/mol. The number of ether oxygens (including phenoxy) is 1. The highest BCUT2D eigenvalue weighted by molar-refractivity contribution is 5.48. The average molecular weight is 462 g/mol. The summed E-state index contributed by atoms with van der Waals surface area (Å²) in [5.74, 6) is 1.00. The molecule has 3 aliphatic rings. The van der Waals surface area contributed by atoms with Gasteiger partial charge in [-0.25, -0.2) is 9.97 Å². The van der Waals surface area contributed by atoms with Crippen molar-refractivity contribution in [3.63, 3.8) is 0 Å². The van der Waals surface area contributed by atoms with Crippen molar-refractivity contribution in [2.75, 3.05) is 51.3 Å². The Labute approximate surface area is 201 Å². The van der Waals surface area contributed by atoms with E-state index in [4.69, 9.17) is 19.7 Å². The van der Waals surface area contributed by atoms with E-state index >= 15 is 0 Å². The number of hydrogen-bond acceptors (Lipinski definition) is 7. The second-order valence-electron chi connectivity index (χ2n) is 10.00. The summed E-state index contributed by atoms with van der Waals surface area (Å²) in [4.78, 5) is 21.8. The van der Waals surface area contributed by atoms with Crippen molar-refractivity contribution >= 4 is 11.6 Å². The van der Waals surface area contributed by atoms with Crippen LogP contribution in [0.25, 0.3) is 5.65 Å². The zero-order chi connectivity index (χ0) is 22.9. The molecule has 3 aromatic heterocycles. The highest BCUT2D eigenvalue weighted by Gasteiger charge is 2.27. The standard InChI is InChI=1S/C26H35N7O/c1-30(23-8-2-5-20-6-3-10-27-25(20)23)17-21-18-33-24(29-21)9-11-28-26(33)32-14-12-31(13-15-32)19-22-7-4-16-34-22/h3,6,9-11,18,22-23H,2,4-5,7-8,12-17,19H2,1H3/t22?,23-/m0/s1. The Morgan fingerprint density at radius 2 is 1.97 bits per heavy atom. The number of hydrogen-bond donors (Lipinski definition) is 0. The van der Waals surface area contributed by atoms with Gasteiger partial charge in [0.2, 0.25) is 5.95 Å². The molecule has 2 fully saturated rings. The van der Waals surface area contributed by atoms with E-state index in [1.54, 1.807) is 0 Å². The van der Waals surface area contributed by atoms with E-state index in [-0.39, 0.29) is 0 Å². The lowest BCUT2D eigenvalue weighted by Crippen LogP contribution is -2.49. The summed E-state index contributed by atoms with van der Waals surface area (Å²) in [7, 11) is 2.20. The van der Waals surface area contributed by atoms with Crippen LogP contribution in [-0.4, -0.2) is 81.6 Å². The lowest BCUT2D eigenvalue weighted by Gasteiger charge is -2.36. The molecular formula is C26H35N7O. The van der Waals surface area contributed by atoms with Gasteiger partial charge >= 0.3 is 0 Å². The molecule has 1 unspecified atom stereocenters. The van der Waals surface area contributed by atoms with Crippen molar-refractivity contribution in [2.24, 2.45) is 0 Å². The normalized spacial score (nSPS) is 23.6. The van der Waals surface area contributed by atoms with Crippen molar-refractivity contribution in [1.29, 1.82) is 0 Å². The molecule has 0 spiro atoms. The third-order valence-electron chi connectivity index (χ3n) is 7.66. The largest absolute Gasteiger partial charge is 0.377 e. The Kier molecular flexibility index (Phi) is 6.20. The second-order valence-corrected chi connectivity index (χ2v) is 10.00. The first-order valence-corrected chi connectivity index (χ1v) is 12.8. The van der Waals surface area contributed by atoms with Gasteiger partial charge in [-0.1, -0.05) is 6.07 Å². The summed E-state index contributed by atoms with van der Waals surface area (Å²) < 4.78 is 8.01. The summed E-state index contributed by atoms with van der Waals surface area (Å²) in [6.45, 7) is 6.86. The van der Waals surface area contributed by atoms with Crippen molar-refractivity contribution in [2.45, 2.75) is 50.8 Å². The minimum absolute atomic E-state index is 0.351. The molecule has 2 saturated heterocycles. The summed E-state index contributed by atoms with van der Waals surface area (Å²) >= 11 is 0. The molecule has 0 amide bonds. The highest BCUT2D eigenvalue weighted by atomic mass is 16.5. The fourth-order valence-corrected chi connectivity index (χ4v) is 5.85. The van der Waals surface area contributed by atoms with E-state index in [9.17, 15) is 0 Å². The molecule has 0 saturated carbocycles. The van der Waals surface area contributed by atoms with E-state index in [0.717, 1.165) is 76.0 Å². The predicted octanol–water partition coefficient (Wildman–Crippen LogP) is 2.93. The second kappa shape index (κ2) is 9.60. The van der Waals surface area contributed by atoms with Crippen LogP contribution in [0.5, 0.6) is 0 Å². The Balaban J connectivity index is 1.15. The van der Waals surface area contributed by atoms with Crippen LogP contribution in [0.3, 0.4) is 0 Å². The SMILES string of the molecule is CN(Cc1cn2c(N3CCN(CC4CCCO4)CC3)nccc2n1)[C@H]1CCCc2cccnc21. The Morgan fingerprint density at radius 3 is 2.82 bits per heavy atom. The fraction of sp³-hybridized carbons (Fsp3) is 0.577. The molecule has 0 N–H and O–H groups in total. The first-order valence-electron chi connectivity index (χ1n) is 12.8. The number of pyridine rings is 1. The Morgan fingerprint density at radius 1 is 1.06 bits per heavy atom. The van der Waals surface area contributed by atoms with Crippen LogP contribution in [0, 0.1) is 0 Å². The molecule has 8 heteroatoms. The van der Waals surface area contributed by atoms with Crippen molar-refractivity contribution in [3.05, 3.63) is 53.7 Å². The van der Waals surface area contributed by atoms with Crippen LogP contribution in [0.15, 0.2) is 36.8 Å². The molecule has 8 nitrogen and oxygen atoms in total. The van der Waals surface area contributed by atoms with Crippen molar-refractivity contribution in [1.82, 2.24) is 29.2 Å². The number of anilines is 1. The zero-order valence-electron chi connectivity index (χ0n) is 20.1. The molecule has 0 aromatic carbocycles.